The first-order valence-corrected chi connectivity index (χ1v) is 13.1. The summed E-state index contributed by atoms with van der Waals surface area (Å²) in [6.45, 7) is 3.54. The lowest BCUT2D eigenvalue weighted by atomic mass is 9.77. The molecule has 12 heteroatoms. The maximum atomic E-state index is 14.6. The number of hydrogen-bond donors (Lipinski definition) is 2. The molecule has 0 fully saturated rings. The molecular formula is C28H26Cl3F3N6. The maximum absolute atomic E-state index is 14.6. The summed E-state index contributed by atoms with van der Waals surface area (Å²) in [6.07, 6.45) is 0. The molecule has 1 aliphatic rings. The highest BCUT2D eigenvalue weighted by atomic mass is 35.5. The highest BCUT2D eigenvalue weighted by Gasteiger charge is 2.49. The van der Waals surface area contributed by atoms with Crippen molar-refractivity contribution in [2.75, 3.05) is 12.8 Å². The van der Waals surface area contributed by atoms with Crippen molar-refractivity contribution in [3.05, 3.63) is 104 Å². The molecule has 1 aliphatic heterocycles. The van der Waals surface area contributed by atoms with Gasteiger partial charge in [0.2, 0.25) is 0 Å². The van der Waals surface area contributed by atoms with Gasteiger partial charge in [0.25, 0.3) is 0 Å². The van der Waals surface area contributed by atoms with Crippen LogP contribution in [0.25, 0.3) is 11.3 Å². The number of hydrogen-bond acceptors (Lipinski definition) is 5. The molecule has 0 saturated carbocycles. The minimum absolute atomic E-state index is 0.209. The van der Waals surface area contributed by atoms with Gasteiger partial charge in [0.05, 0.1) is 27.8 Å². The number of rotatable bonds is 3. The normalized spacial score (nSPS) is 18.4. The van der Waals surface area contributed by atoms with Crippen LogP contribution in [0.15, 0.2) is 59.7 Å². The van der Waals surface area contributed by atoms with E-state index in [2.05, 4.69) is 10.2 Å². The third-order valence-electron chi connectivity index (χ3n) is 6.80. The topological polar surface area (TPSA) is 85.5 Å². The SMILES string of the molecule is CC1=NN(C)C(c2ccc(F)cc2Cl)C1(N)c1ccc(Cl)cc1F.Cc1nn(C)c(-c2ccc(F)cc2Cl)c1N. The van der Waals surface area contributed by atoms with Crippen molar-refractivity contribution < 1.29 is 13.2 Å². The molecule has 0 aliphatic carbocycles. The van der Waals surface area contributed by atoms with Crippen molar-refractivity contribution in [1.82, 2.24) is 14.8 Å². The largest absolute Gasteiger partial charge is 0.395 e. The Balaban J connectivity index is 0.000000201. The van der Waals surface area contributed by atoms with Gasteiger partial charge < -0.3 is 11.5 Å². The fourth-order valence-corrected chi connectivity index (χ4v) is 5.57. The van der Waals surface area contributed by atoms with Crippen LogP contribution in [0, 0.1) is 24.4 Å². The highest BCUT2D eigenvalue weighted by molar-refractivity contribution is 6.33. The van der Waals surface area contributed by atoms with E-state index in [1.54, 1.807) is 55.0 Å². The summed E-state index contributed by atoms with van der Waals surface area (Å²) in [5, 5.41) is 11.0. The van der Waals surface area contributed by atoms with Crippen LogP contribution < -0.4 is 11.5 Å². The number of halogens is 6. The first kappa shape index (κ1) is 29.7. The van der Waals surface area contributed by atoms with Gasteiger partial charge in [-0.25, -0.2) is 13.2 Å². The zero-order valence-electron chi connectivity index (χ0n) is 22.0. The second kappa shape index (κ2) is 11.3. The number of nitrogens with zero attached hydrogens (tertiary/aromatic N) is 4. The molecule has 2 heterocycles. The maximum Gasteiger partial charge on any atom is 0.130 e. The van der Waals surface area contributed by atoms with Crippen molar-refractivity contribution in [2.45, 2.75) is 25.4 Å². The van der Waals surface area contributed by atoms with Gasteiger partial charge in [0, 0.05) is 35.3 Å². The summed E-state index contributed by atoms with van der Waals surface area (Å²) in [7, 11) is 3.49. The number of aromatic nitrogens is 2. The lowest BCUT2D eigenvalue weighted by molar-refractivity contribution is 0.226. The number of anilines is 1. The molecule has 2 unspecified atom stereocenters. The average Bonchev–Trinajstić information content (AvgIpc) is 3.24. The fraction of sp³-hybridized carbons (Fsp3) is 0.214. The molecule has 40 heavy (non-hydrogen) atoms. The van der Waals surface area contributed by atoms with Gasteiger partial charge in [-0.3, -0.25) is 9.69 Å². The van der Waals surface area contributed by atoms with Gasteiger partial charge >= 0.3 is 0 Å². The first-order chi connectivity index (χ1) is 18.7. The average molecular weight is 610 g/mol. The van der Waals surface area contributed by atoms with Gasteiger partial charge in [0.15, 0.2) is 0 Å². The van der Waals surface area contributed by atoms with Gasteiger partial charge in [-0.2, -0.15) is 10.2 Å². The van der Waals surface area contributed by atoms with Crippen LogP contribution in [0.1, 0.15) is 29.8 Å². The molecule has 0 bridgehead atoms. The summed E-state index contributed by atoms with van der Waals surface area (Å²) in [6, 6.07) is 12.0. The van der Waals surface area contributed by atoms with Gasteiger partial charge in [-0.15, -0.1) is 0 Å². The van der Waals surface area contributed by atoms with Crippen molar-refractivity contribution in [3.8, 4) is 11.3 Å². The smallest absolute Gasteiger partial charge is 0.130 e. The molecule has 6 nitrogen and oxygen atoms in total. The Morgan fingerprint density at radius 2 is 1.50 bits per heavy atom. The summed E-state index contributed by atoms with van der Waals surface area (Å²) in [5.41, 5.74) is 15.3. The summed E-state index contributed by atoms with van der Waals surface area (Å²) in [5.74, 6) is -1.35. The standard InChI is InChI=1S/C17H15Cl2F2N3.C11H11ClFN3/c1-9-17(22,13-6-3-10(18)7-15(13)21)16(24(2)23-9)12-5-4-11(20)8-14(12)19;1-6-10(14)11(16(2)15-6)8-4-3-7(13)5-9(8)12/h3-8,16H,22H2,1-2H3;3-5H,14H2,1-2H3. The van der Waals surface area contributed by atoms with Gasteiger partial charge in [-0.05, 0) is 61.9 Å². The third kappa shape index (κ3) is 5.39. The van der Waals surface area contributed by atoms with E-state index in [1.165, 1.54) is 30.3 Å². The second-order valence-electron chi connectivity index (χ2n) is 9.42. The predicted molar refractivity (Wildman–Crippen MR) is 155 cm³/mol. The van der Waals surface area contributed by atoms with Crippen LogP contribution in [0.3, 0.4) is 0 Å². The van der Waals surface area contributed by atoms with Crippen LogP contribution in [0.5, 0.6) is 0 Å². The van der Waals surface area contributed by atoms with E-state index in [0.29, 0.717) is 33.2 Å². The van der Waals surface area contributed by atoms with Crippen LogP contribution >= 0.6 is 34.8 Å². The van der Waals surface area contributed by atoms with E-state index >= 15 is 0 Å². The molecule has 0 amide bonds. The van der Waals surface area contributed by atoms with Crippen LogP contribution in [-0.4, -0.2) is 27.5 Å². The van der Waals surface area contributed by atoms with Crippen molar-refractivity contribution in [2.24, 2.45) is 17.9 Å². The molecule has 4 N–H and O–H groups in total. The molecule has 1 aromatic heterocycles. The van der Waals surface area contributed by atoms with Crippen LogP contribution in [0.2, 0.25) is 15.1 Å². The molecule has 2 atom stereocenters. The van der Waals surface area contributed by atoms with E-state index in [4.69, 9.17) is 46.3 Å². The summed E-state index contributed by atoms with van der Waals surface area (Å²) >= 11 is 18.0. The molecule has 4 aromatic rings. The molecule has 0 saturated heterocycles. The predicted octanol–water partition coefficient (Wildman–Crippen LogP) is 7.26. The molecule has 210 valence electrons. The highest BCUT2D eigenvalue weighted by Crippen LogP contribution is 2.46. The molecule has 0 spiro atoms. The Labute approximate surface area is 244 Å². The number of nitrogen functional groups attached to an aromatic ring is 1. The number of hydrazone groups is 1. The minimum Gasteiger partial charge on any atom is -0.395 e. The quantitative estimate of drug-likeness (QED) is 0.256. The number of aryl methyl sites for hydroxylation is 2. The Morgan fingerprint density at radius 1 is 0.875 bits per heavy atom. The Morgan fingerprint density at radius 3 is 2.05 bits per heavy atom. The monoisotopic (exact) mass is 608 g/mol. The molecular weight excluding hydrogens is 584 g/mol. The van der Waals surface area contributed by atoms with Crippen molar-refractivity contribution in [3.63, 3.8) is 0 Å². The van der Waals surface area contributed by atoms with E-state index in [0.717, 1.165) is 5.69 Å². The Hall–Kier alpha value is -3.24. The molecule has 5 rings (SSSR count). The lowest BCUT2D eigenvalue weighted by Gasteiger charge is -2.35. The van der Waals surface area contributed by atoms with Crippen molar-refractivity contribution in [1.29, 1.82) is 0 Å². The van der Waals surface area contributed by atoms with E-state index < -0.39 is 23.2 Å². The molecule has 3 aromatic carbocycles. The van der Waals surface area contributed by atoms with E-state index in [9.17, 15) is 13.2 Å². The molecule has 0 radical (unpaired) electrons. The van der Waals surface area contributed by atoms with Gasteiger partial charge in [-0.1, -0.05) is 46.9 Å². The number of likely N-dealkylation sites (N-methyl/N-ethyl adjacent to an activating group) is 1. The zero-order chi connectivity index (χ0) is 29.5. The van der Waals surface area contributed by atoms with Crippen LogP contribution in [-0.2, 0) is 12.6 Å². The minimum atomic E-state index is -1.26. The lowest BCUT2D eigenvalue weighted by Crippen LogP contribution is -2.48. The second-order valence-corrected chi connectivity index (χ2v) is 10.7. The summed E-state index contributed by atoms with van der Waals surface area (Å²) in [4.78, 5) is 0. The van der Waals surface area contributed by atoms with E-state index in [1.807, 2.05) is 6.92 Å². The van der Waals surface area contributed by atoms with Crippen LogP contribution in [0.4, 0.5) is 18.9 Å². The summed E-state index contributed by atoms with van der Waals surface area (Å²) < 4.78 is 42.5. The number of benzene rings is 3. The number of nitrogens with two attached hydrogens (primary N) is 2. The Bertz CT molecular complexity index is 1620. The zero-order valence-corrected chi connectivity index (χ0v) is 24.3. The van der Waals surface area contributed by atoms with Crippen molar-refractivity contribution >= 4 is 46.2 Å². The first-order valence-electron chi connectivity index (χ1n) is 12.0. The van der Waals surface area contributed by atoms with E-state index in [-0.39, 0.29) is 21.4 Å². The Kier molecular flexibility index (Phi) is 8.42. The van der Waals surface area contributed by atoms with Gasteiger partial charge in [0.1, 0.15) is 29.0 Å². The third-order valence-corrected chi connectivity index (χ3v) is 7.68. The fourth-order valence-electron chi connectivity index (χ4n) is 4.88.